The van der Waals surface area contributed by atoms with E-state index in [0.717, 1.165) is 48.5 Å². The lowest BCUT2D eigenvalue weighted by Crippen LogP contribution is -2.19. The van der Waals surface area contributed by atoms with Crippen LogP contribution in [-0.2, 0) is 0 Å². The van der Waals surface area contributed by atoms with Gasteiger partial charge < -0.3 is 14.5 Å². The topological polar surface area (TPSA) is 34.4 Å². The van der Waals surface area contributed by atoms with Gasteiger partial charge in [-0.15, -0.1) is 0 Å². The van der Waals surface area contributed by atoms with Gasteiger partial charge in [-0.25, -0.2) is 0 Å². The third kappa shape index (κ3) is 2.98. The van der Waals surface area contributed by atoms with Gasteiger partial charge in [-0.05, 0) is 39.3 Å². The van der Waals surface area contributed by atoms with Crippen molar-refractivity contribution < 1.29 is 9.15 Å². The number of hydrogen-bond acceptors (Lipinski definition) is 3. The molecule has 0 aliphatic rings. The highest BCUT2D eigenvalue weighted by Gasteiger charge is 2.18. The fourth-order valence-corrected chi connectivity index (χ4v) is 2.43. The minimum absolute atomic E-state index is 0.223. The number of para-hydroxylation sites is 1. The van der Waals surface area contributed by atoms with Gasteiger partial charge in [-0.3, -0.25) is 0 Å². The van der Waals surface area contributed by atoms with E-state index in [1.54, 1.807) is 0 Å². The molecule has 2 aromatic rings. The molecule has 0 saturated heterocycles. The summed E-state index contributed by atoms with van der Waals surface area (Å²) in [6.45, 7) is 10.3. The Morgan fingerprint density at radius 2 is 2.05 bits per heavy atom. The van der Waals surface area contributed by atoms with E-state index in [4.69, 9.17) is 9.15 Å². The van der Waals surface area contributed by atoms with Crippen molar-refractivity contribution in [3.8, 4) is 5.75 Å². The molecule has 1 unspecified atom stereocenters. The quantitative estimate of drug-likeness (QED) is 0.802. The zero-order chi connectivity index (χ0) is 14.5. The number of benzene rings is 1. The summed E-state index contributed by atoms with van der Waals surface area (Å²) in [6, 6.07) is 6.34. The second kappa shape index (κ2) is 6.80. The minimum atomic E-state index is 0.223. The van der Waals surface area contributed by atoms with Crippen molar-refractivity contribution in [2.45, 2.75) is 46.6 Å². The Kier molecular flexibility index (Phi) is 5.07. The summed E-state index contributed by atoms with van der Waals surface area (Å²) in [5, 5.41) is 4.63. The van der Waals surface area contributed by atoms with Crippen LogP contribution in [0.3, 0.4) is 0 Å². The molecule has 110 valence electrons. The summed E-state index contributed by atoms with van der Waals surface area (Å²) < 4.78 is 11.9. The number of fused-ring (bicyclic) bond motifs is 1. The molecular weight excluding hydrogens is 250 g/mol. The maximum Gasteiger partial charge on any atom is 0.176 e. The SMILES string of the molecule is CCCNC(C)c1oc2c(OCCC)cccc2c1C. The van der Waals surface area contributed by atoms with Crippen LogP contribution in [0.25, 0.3) is 11.0 Å². The van der Waals surface area contributed by atoms with Crippen molar-refractivity contribution in [3.63, 3.8) is 0 Å². The third-order valence-electron chi connectivity index (χ3n) is 3.52. The first-order valence-corrected chi connectivity index (χ1v) is 7.57. The summed E-state index contributed by atoms with van der Waals surface area (Å²) in [5.74, 6) is 1.86. The highest BCUT2D eigenvalue weighted by atomic mass is 16.5. The van der Waals surface area contributed by atoms with Crippen LogP contribution < -0.4 is 10.1 Å². The fourth-order valence-electron chi connectivity index (χ4n) is 2.43. The fraction of sp³-hybridized carbons (Fsp3) is 0.529. The van der Waals surface area contributed by atoms with Gasteiger partial charge >= 0.3 is 0 Å². The van der Waals surface area contributed by atoms with E-state index in [0.29, 0.717) is 0 Å². The van der Waals surface area contributed by atoms with Crippen LogP contribution in [0.2, 0.25) is 0 Å². The molecule has 0 aliphatic carbocycles. The van der Waals surface area contributed by atoms with Gasteiger partial charge in [0, 0.05) is 10.9 Å². The van der Waals surface area contributed by atoms with E-state index < -0.39 is 0 Å². The smallest absolute Gasteiger partial charge is 0.176 e. The molecule has 0 radical (unpaired) electrons. The van der Waals surface area contributed by atoms with Crippen molar-refractivity contribution in [2.75, 3.05) is 13.2 Å². The normalized spacial score (nSPS) is 12.8. The Morgan fingerprint density at radius 1 is 1.25 bits per heavy atom. The van der Waals surface area contributed by atoms with Gasteiger partial charge in [0.15, 0.2) is 11.3 Å². The van der Waals surface area contributed by atoms with E-state index >= 15 is 0 Å². The monoisotopic (exact) mass is 275 g/mol. The van der Waals surface area contributed by atoms with Crippen LogP contribution in [0.1, 0.15) is 51.0 Å². The lowest BCUT2D eigenvalue weighted by atomic mass is 10.1. The molecule has 0 fully saturated rings. The zero-order valence-corrected chi connectivity index (χ0v) is 13.0. The van der Waals surface area contributed by atoms with Gasteiger partial charge in [-0.1, -0.05) is 26.0 Å². The maximum absolute atomic E-state index is 6.10. The van der Waals surface area contributed by atoms with E-state index in [2.05, 4.69) is 39.1 Å². The number of rotatable bonds is 7. The lowest BCUT2D eigenvalue weighted by Gasteiger charge is -2.11. The molecule has 1 aromatic carbocycles. The van der Waals surface area contributed by atoms with Crippen molar-refractivity contribution in [3.05, 3.63) is 29.5 Å². The summed E-state index contributed by atoms with van der Waals surface area (Å²) in [4.78, 5) is 0. The summed E-state index contributed by atoms with van der Waals surface area (Å²) in [7, 11) is 0. The Hall–Kier alpha value is -1.48. The van der Waals surface area contributed by atoms with Crippen molar-refractivity contribution >= 4 is 11.0 Å². The van der Waals surface area contributed by atoms with Gasteiger partial charge in [-0.2, -0.15) is 0 Å². The first kappa shape index (κ1) is 14.9. The molecule has 0 aliphatic heterocycles. The van der Waals surface area contributed by atoms with Crippen LogP contribution in [0.15, 0.2) is 22.6 Å². The highest BCUT2D eigenvalue weighted by Crippen LogP contribution is 2.35. The molecule has 0 saturated carbocycles. The van der Waals surface area contributed by atoms with E-state index in [9.17, 15) is 0 Å². The molecule has 0 amide bonds. The Morgan fingerprint density at radius 3 is 2.75 bits per heavy atom. The standard InChI is InChI=1S/C17H25NO2/c1-5-10-18-13(4)16-12(3)14-8-7-9-15(17(14)20-16)19-11-6-2/h7-9,13,18H,5-6,10-11H2,1-4H3. The molecule has 1 N–H and O–H groups in total. The average Bonchev–Trinajstić information content (AvgIpc) is 2.80. The number of hydrogen-bond donors (Lipinski definition) is 1. The van der Waals surface area contributed by atoms with Crippen LogP contribution >= 0.6 is 0 Å². The number of nitrogens with one attached hydrogen (secondary N) is 1. The van der Waals surface area contributed by atoms with Gasteiger partial charge in [0.2, 0.25) is 0 Å². The summed E-state index contributed by atoms with van der Waals surface area (Å²) in [5.41, 5.74) is 2.08. The molecule has 2 rings (SSSR count). The molecule has 3 nitrogen and oxygen atoms in total. The highest BCUT2D eigenvalue weighted by molar-refractivity contribution is 5.87. The number of aryl methyl sites for hydroxylation is 1. The Bertz CT molecular complexity index is 559. The third-order valence-corrected chi connectivity index (χ3v) is 3.52. The van der Waals surface area contributed by atoms with Crippen molar-refractivity contribution in [1.29, 1.82) is 0 Å². The van der Waals surface area contributed by atoms with Crippen LogP contribution in [-0.4, -0.2) is 13.2 Å². The molecular formula is C17H25NO2. The molecule has 20 heavy (non-hydrogen) atoms. The predicted molar refractivity (Wildman–Crippen MR) is 83.4 cm³/mol. The minimum Gasteiger partial charge on any atom is -0.490 e. The number of ether oxygens (including phenoxy) is 1. The molecule has 1 aromatic heterocycles. The molecule has 1 heterocycles. The lowest BCUT2D eigenvalue weighted by molar-refractivity contribution is 0.314. The second-order valence-electron chi connectivity index (χ2n) is 5.25. The summed E-state index contributed by atoms with van der Waals surface area (Å²) >= 11 is 0. The first-order chi connectivity index (χ1) is 9.69. The average molecular weight is 275 g/mol. The largest absolute Gasteiger partial charge is 0.490 e. The zero-order valence-electron chi connectivity index (χ0n) is 13.0. The van der Waals surface area contributed by atoms with Crippen molar-refractivity contribution in [2.24, 2.45) is 0 Å². The van der Waals surface area contributed by atoms with E-state index in [1.165, 1.54) is 5.56 Å². The molecule has 0 spiro atoms. The van der Waals surface area contributed by atoms with Gasteiger partial charge in [0.1, 0.15) is 5.76 Å². The number of furan rings is 1. The first-order valence-electron chi connectivity index (χ1n) is 7.57. The molecule has 0 bridgehead atoms. The predicted octanol–water partition coefficient (Wildman–Crippen LogP) is 4.59. The maximum atomic E-state index is 6.10. The Labute approximate surface area is 121 Å². The molecule has 1 atom stereocenters. The van der Waals surface area contributed by atoms with Gasteiger partial charge in [0.25, 0.3) is 0 Å². The van der Waals surface area contributed by atoms with Crippen molar-refractivity contribution in [1.82, 2.24) is 5.32 Å². The van der Waals surface area contributed by atoms with E-state index in [1.807, 2.05) is 12.1 Å². The second-order valence-corrected chi connectivity index (χ2v) is 5.25. The van der Waals surface area contributed by atoms with Crippen LogP contribution in [0.5, 0.6) is 5.75 Å². The van der Waals surface area contributed by atoms with Gasteiger partial charge in [0.05, 0.1) is 12.6 Å². The Balaban J connectivity index is 2.35. The van der Waals surface area contributed by atoms with Crippen LogP contribution in [0.4, 0.5) is 0 Å². The molecule has 3 heteroatoms. The van der Waals surface area contributed by atoms with Crippen LogP contribution in [0, 0.1) is 6.92 Å². The summed E-state index contributed by atoms with van der Waals surface area (Å²) in [6.07, 6.45) is 2.12. The van der Waals surface area contributed by atoms with E-state index in [-0.39, 0.29) is 6.04 Å².